The monoisotopic (exact) mass is 409 g/mol. The van der Waals surface area contributed by atoms with E-state index in [-0.39, 0.29) is 11.4 Å². The lowest BCUT2D eigenvalue weighted by Crippen LogP contribution is -2.14. The molecular weight excluding hydrogens is 392 g/mol. The summed E-state index contributed by atoms with van der Waals surface area (Å²) in [5, 5.41) is 7.74. The number of amides is 1. The Bertz CT molecular complexity index is 1190. The Morgan fingerprint density at radius 2 is 1.79 bits per heavy atom. The van der Waals surface area contributed by atoms with Crippen LogP contribution in [0.2, 0.25) is 0 Å². The summed E-state index contributed by atoms with van der Waals surface area (Å²) in [7, 11) is 1.78. The van der Waals surface area contributed by atoms with Gasteiger partial charge in [0.15, 0.2) is 0 Å². The van der Waals surface area contributed by atoms with Crippen LogP contribution in [-0.4, -0.2) is 15.7 Å². The molecule has 0 saturated carbocycles. The van der Waals surface area contributed by atoms with E-state index < -0.39 is 11.7 Å². The van der Waals surface area contributed by atoms with Gasteiger partial charge < -0.3 is 5.32 Å². The van der Waals surface area contributed by atoms with Crippen molar-refractivity contribution in [2.75, 3.05) is 5.32 Å². The fourth-order valence-electron chi connectivity index (χ4n) is 3.14. The number of thiophene rings is 1. The van der Waals surface area contributed by atoms with Gasteiger partial charge >= 0.3 is 0 Å². The summed E-state index contributed by atoms with van der Waals surface area (Å²) in [6.07, 6.45) is 0. The van der Waals surface area contributed by atoms with E-state index >= 15 is 0 Å². The summed E-state index contributed by atoms with van der Waals surface area (Å²) < 4.78 is 29.8. The Hall–Kier alpha value is -3.32. The molecule has 2 heterocycles. The van der Waals surface area contributed by atoms with Gasteiger partial charge in [-0.15, -0.1) is 11.3 Å². The first-order valence-electron chi connectivity index (χ1n) is 8.89. The number of rotatable bonds is 4. The lowest BCUT2D eigenvalue weighted by molar-refractivity contribution is 0.102. The fraction of sp³-hybridized carbons (Fsp3) is 0.0909. The predicted octanol–water partition coefficient (Wildman–Crippen LogP) is 5.65. The second-order valence-corrected chi connectivity index (χ2v) is 7.65. The number of aryl methyl sites for hydroxylation is 2. The van der Waals surface area contributed by atoms with E-state index in [1.807, 2.05) is 6.07 Å². The third-order valence-electron chi connectivity index (χ3n) is 4.57. The Kier molecular flexibility index (Phi) is 4.98. The molecule has 29 heavy (non-hydrogen) atoms. The smallest absolute Gasteiger partial charge is 0.259 e. The van der Waals surface area contributed by atoms with Crippen LogP contribution >= 0.6 is 11.3 Å². The molecule has 0 atom stereocenters. The summed E-state index contributed by atoms with van der Waals surface area (Å²) in [6.45, 7) is 1.69. The summed E-state index contributed by atoms with van der Waals surface area (Å²) >= 11 is 1.34. The maximum atomic E-state index is 14.1. The first-order valence-corrected chi connectivity index (χ1v) is 9.71. The number of carbonyl (C=O) groups excluding carboxylic acids is 1. The molecule has 0 unspecified atom stereocenters. The van der Waals surface area contributed by atoms with E-state index in [4.69, 9.17) is 0 Å². The van der Waals surface area contributed by atoms with E-state index in [2.05, 4.69) is 10.4 Å². The summed E-state index contributed by atoms with van der Waals surface area (Å²) in [4.78, 5) is 13.3. The van der Waals surface area contributed by atoms with Crippen LogP contribution in [0.25, 0.3) is 21.8 Å². The van der Waals surface area contributed by atoms with Gasteiger partial charge in [0.2, 0.25) is 0 Å². The van der Waals surface area contributed by atoms with Gasteiger partial charge in [0.05, 0.1) is 26.8 Å². The second kappa shape index (κ2) is 7.60. The highest BCUT2D eigenvalue weighted by Crippen LogP contribution is 2.34. The highest BCUT2D eigenvalue weighted by Gasteiger charge is 2.17. The molecule has 146 valence electrons. The molecule has 7 heteroatoms. The summed E-state index contributed by atoms with van der Waals surface area (Å²) in [5.74, 6) is -1.39. The molecule has 0 radical (unpaired) electrons. The number of nitrogens with zero attached hydrogens (tertiary/aromatic N) is 2. The summed E-state index contributed by atoms with van der Waals surface area (Å²) in [5.41, 5.74) is 2.34. The van der Waals surface area contributed by atoms with Gasteiger partial charge in [0.1, 0.15) is 11.6 Å². The fourth-order valence-corrected chi connectivity index (χ4v) is 4.08. The van der Waals surface area contributed by atoms with Crippen LogP contribution in [0.5, 0.6) is 0 Å². The Morgan fingerprint density at radius 3 is 2.55 bits per heavy atom. The second-order valence-electron chi connectivity index (χ2n) is 6.57. The predicted molar refractivity (Wildman–Crippen MR) is 111 cm³/mol. The molecule has 4 nitrogen and oxygen atoms in total. The van der Waals surface area contributed by atoms with Gasteiger partial charge in [0.25, 0.3) is 5.91 Å². The number of aromatic nitrogens is 2. The van der Waals surface area contributed by atoms with E-state index in [0.717, 1.165) is 10.6 Å². The third kappa shape index (κ3) is 3.69. The first kappa shape index (κ1) is 19.0. The molecule has 1 amide bonds. The maximum absolute atomic E-state index is 14.1. The normalized spacial score (nSPS) is 10.9. The lowest BCUT2D eigenvalue weighted by Gasteiger charge is -2.06. The van der Waals surface area contributed by atoms with Crippen LogP contribution in [0.4, 0.5) is 13.8 Å². The van der Waals surface area contributed by atoms with E-state index in [9.17, 15) is 13.6 Å². The molecule has 0 saturated heterocycles. The number of anilines is 1. The van der Waals surface area contributed by atoms with Crippen LogP contribution in [0, 0.1) is 18.6 Å². The number of benzene rings is 2. The van der Waals surface area contributed by atoms with Crippen LogP contribution in [0.1, 0.15) is 15.9 Å². The number of carbonyl (C=O) groups is 1. The molecule has 0 bridgehead atoms. The molecule has 4 aromatic rings. The van der Waals surface area contributed by atoms with Crippen molar-refractivity contribution in [3.05, 3.63) is 83.4 Å². The first-order chi connectivity index (χ1) is 13.9. The van der Waals surface area contributed by atoms with Crippen molar-refractivity contribution in [2.45, 2.75) is 6.92 Å². The minimum Gasteiger partial charge on any atom is -0.313 e. The van der Waals surface area contributed by atoms with Crippen molar-refractivity contribution < 1.29 is 13.6 Å². The van der Waals surface area contributed by atoms with Gasteiger partial charge in [-0.25, -0.2) is 8.78 Å². The average Bonchev–Trinajstić information content (AvgIpc) is 3.28. The standard InChI is InChI=1S/C22H17F2N3OS/c1-13-6-5-9-16(24)21(13)22(28)25-20-11-10-19(29-20)18-12-17(26-27(18)2)14-7-3-4-8-15(14)23/h3-12H,1-2H3,(H,25,28). The largest absolute Gasteiger partial charge is 0.313 e. The molecule has 0 aliphatic carbocycles. The van der Waals surface area contributed by atoms with Crippen molar-refractivity contribution >= 4 is 22.2 Å². The molecule has 2 aromatic heterocycles. The molecule has 0 fully saturated rings. The average molecular weight is 409 g/mol. The highest BCUT2D eigenvalue weighted by atomic mass is 32.1. The zero-order chi connectivity index (χ0) is 20.5. The van der Waals surface area contributed by atoms with Crippen molar-refractivity contribution in [2.24, 2.45) is 7.05 Å². The summed E-state index contributed by atoms with van der Waals surface area (Å²) in [6, 6.07) is 16.4. The minimum atomic E-state index is -0.555. The SMILES string of the molecule is Cc1cccc(F)c1C(=O)Nc1ccc(-c2cc(-c3ccccc3F)nn2C)s1. The van der Waals surface area contributed by atoms with Gasteiger partial charge in [0, 0.05) is 12.6 Å². The van der Waals surface area contributed by atoms with Gasteiger partial charge in [-0.05, 0) is 48.9 Å². The van der Waals surface area contributed by atoms with Crippen LogP contribution in [0.3, 0.4) is 0 Å². The number of halogens is 2. The van der Waals surface area contributed by atoms with Gasteiger partial charge in [-0.1, -0.05) is 24.3 Å². The molecule has 0 aliphatic rings. The molecular formula is C22H17F2N3OS. The van der Waals surface area contributed by atoms with Crippen molar-refractivity contribution in [3.63, 3.8) is 0 Å². The third-order valence-corrected chi connectivity index (χ3v) is 5.60. The minimum absolute atomic E-state index is 0.0322. The zero-order valence-corrected chi connectivity index (χ0v) is 16.6. The molecule has 4 rings (SSSR count). The maximum Gasteiger partial charge on any atom is 0.259 e. The quantitative estimate of drug-likeness (QED) is 0.473. The molecule has 0 aliphatic heterocycles. The molecule has 2 aromatic carbocycles. The topological polar surface area (TPSA) is 46.9 Å². The van der Waals surface area contributed by atoms with Gasteiger partial charge in [-0.2, -0.15) is 5.10 Å². The van der Waals surface area contributed by atoms with Crippen molar-refractivity contribution in [1.29, 1.82) is 0 Å². The Labute approximate surface area is 170 Å². The number of hydrogen-bond acceptors (Lipinski definition) is 3. The molecule has 0 spiro atoms. The van der Waals surface area contributed by atoms with Crippen LogP contribution in [0.15, 0.2) is 60.7 Å². The van der Waals surface area contributed by atoms with Crippen LogP contribution < -0.4 is 5.32 Å². The Balaban J connectivity index is 1.60. The van der Waals surface area contributed by atoms with Crippen molar-refractivity contribution in [3.8, 4) is 21.8 Å². The number of nitrogens with one attached hydrogen (secondary N) is 1. The van der Waals surface area contributed by atoms with Crippen LogP contribution in [-0.2, 0) is 7.05 Å². The number of hydrogen-bond donors (Lipinski definition) is 1. The highest BCUT2D eigenvalue weighted by molar-refractivity contribution is 7.19. The molecule has 1 N–H and O–H groups in total. The van der Waals surface area contributed by atoms with E-state index in [1.165, 1.54) is 23.5 Å². The zero-order valence-electron chi connectivity index (χ0n) is 15.7. The van der Waals surface area contributed by atoms with E-state index in [0.29, 0.717) is 21.8 Å². The van der Waals surface area contributed by atoms with Crippen molar-refractivity contribution in [1.82, 2.24) is 9.78 Å². The Morgan fingerprint density at radius 1 is 1.03 bits per heavy atom. The lowest BCUT2D eigenvalue weighted by atomic mass is 10.1. The van der Waals surface area contributed by atoms with E-state index in [1.54, 1.807) is 61.1 Å². The van der Waals surface area contributed by atoms with Gasteiger partial charge in [-0.3, -0.25) is 9.48 Å².